The normalized spacial score (nSPS) is 10.4. The number of allylic oxidation sites excluding steroid dienone is 1. The molecule has 8 N–H and O–H groups in total. The van der Waals surface area contributed by atoms with Crippen molar-refractivity contribution < 1.29 is 122 Å². The van der Waals surface area contributed by atoms with Gasteiger partial charge in [0.05, 0.1) is 26.4 Å². The molecule has 0 heterocycles. The molecule has 0 spiro atoms. The molecule has 0 aliphatic heterocycles. The van der Waals surface area contributed by atoms with Gasteiger partial charge in [-0.1, -0.05) is 190 Å². The van der Waals surface area contributed by atoms with Crippen LogP contribution in [0.2, 0.25) is 0 Å². The van der Waals surface area contributed by atoms with Crippen molar-refractivity contribution in [2.75, 3.05) is 58.2 Å². The van der Waals surface area contributed by atoms with E-state index in [-0.39, 0.29) is 56.4 Å². The molecule has 0 fully saturated rings. The van der Waals surface area contributed by atoms with Crippen LogP contribution < -0.4 is 23.7 Å². The van der Waals surface area contributed by atoms with Crippen molar-refractivity contribution in [1.82, 2.24) is 0 Å². The minimum atomic E-state index is -0.983. The van der Waals surface area contributed by atoms with E-state index in [1.807, 2.05) is 121 Å². The summed E-state index contributed by atoms with van der Waals surface area (Å²) in [6.07, 6.45) is 27.5. The molecule has 0 unspecified atom stereocenters. The van der Waals surface area contributed by atoms with Gasteiger partial charge in [-0.05, 0) is 293 Å². The van der Waals surface area contributed by atoms with Crippen molar-refractivity contribution in [2.24, 2.45) is 0 Å². The third-order valence-electron chi connectivity index (χ3n) is 17.9. The second kappa shape index (κ2) is 71.2. The summed E-state index contributed by atoms with van der Waals surface area (Å²) < 4.78 is 42.7. The van der Waals surface area contributed by atoms with E-state index in [2.05, 4.69) is 42.2 Å². The number of unbranched alkanes of at least 4 members (excludes halogenated alkanes) is 9. The highest BCUT2D eigenvalue weighted by Gasteiger charge is 2.10. The zero-order valence-corrected chi connectivity index (χ0v) is 78.8. The number of phenols is 3. The smallest absolute Gasteiger partial charge is 0.336 e. The van der Waals surface area contributed by atoms with E-state index in [4.69, 9.17) is 90.3 Å². The number of aromatic hydroxyl groups is 3. The first-order valence-corrected chi connectivity index (χ1v) is 44.8. The van der Waals surface area contributed by atoms with E-state index < -0.39 is 41.1 Å². The minimum Gasteiger partial charge on any atom is -0.508 e. The summed E-state index contributed by atoms with van der Waals surface area (Å²) in [5.41, 5.74) is 10.5. The number of benzene rings is 9. The van der Waals surface area contributed by atoms with E-state index in [0.717, 1.165) is 155 Å². The highest BCUT2D eigenvalue weighted by molar-refractivity contribution is 9.09. The molecule has 9 rings (SSSR count). The molecule has 25 nitrogen and oxygen atoms in total. The Morgan fingerprint density at radius 3 is 0.860 bits per heavy atom. The second-order valence-electron chi connectivity index (χ2n) is 29.5. The number of hydrogen-bond donors (Lipinski definition) is 8. The molecular formula is C109H124BrClO25. The monoisotopic (exact) mass is 1950 g/mol. The average molecular weight is 1950 g/mol. The lowest BCUT2D eigenvalue weighted by Crippen LogP contribution is -2.12. The number of aryl methyl sites for hydroxylation is 1. The van der Waals surface area contributed by atoms with Crippen LogP contribution >= 0.6 is 27.5 Å². The van der Waals surface area contributed by atoms with Crippen LogP contribution in [0, 0.1) is 0 Å². The van der Waals surface area contributed by atoms with Crippen LogP contribution in [-0.2, 0) is 63.8 Å². The quantitative estimate of drug-likeness (QED) is 0.00334. The molecule has 0 amide bonds. The summed E-state index contributed by atoms with van der Waals surface area (Å²) in [4.78, 5) is 99.5. The summed E-state index contributed by atoms with van der Waals surface area (Å²) in [5.74, 6) is -1.48. The Kier molecular flexibility index (Phi) is 61.6. The number of aliphatic carboxylic acids is 3. The van der Waals surface area contributed by atoms with Gasteiger partial charge in [0.15, 0.2) is 0 Å². The molecule has 724 valence electrons. The Labute approximate surface area is 810 Å². The number of carboxylic acid groups (broad SMARTS) is 3. The topological polar surface area (TPSA) is 389 Å². The Balaban J connectivity index is 0.000000614. The number of esters is 5. The Hall–Kier alpha value is -14.4. The van der Waals surface area contributed by atoms with E-state index in [0.29, 0.717) is 79.0 Å². The number of carboxylic acids is 3. The third kappa shape index (κ3) is 57.8. The Morgan fingerprint density at radius 2 is 0.559 bits per heavy atom. The summed E-state index contributed by atoms with van der Waals surface area (Å²) in [6, 6.07) is 63.7. The van der Waals surface area contributed by atoms with E-state index in [1.165, 1.54) is 55.7 Å². The molecule has 0 saturated heterocycles. The van der Waals surface area contributed by atoms with E-state index in [9.17, 15) is 43.2 Å². The maximum absolute atomic E-state index is 12.4. The maximum Gasteiger partial charge on any atom is 0.336 e. The molecule has 0 saturated carbocycles. The van der Waals surface area contributed by atoms with Crippen molar-refractivity contribution in [3.63, 3.8) is 0 Å². The molecule has 0 aliphatic rings. The average Bonchev–Trinajstić information content (AvgIpc) is 0.840. The molecule has 9 aromatic carbocycles. The van der Waals surface area contributed by atoms with Gasteiger partial charge in [0.2, 0.25) is 5.24 Å². The number of halogens is 2. The van der Waals surface area contributed by atoms with Crippen molar-refractivity contribution in [3.05, 3.63) is 331 Å². The van der Waals surface area contributed by atoms with Gasteiger partial charge < -0.3 is 78.7 Å². The number of aliphatic hydroxyl groups excluding tert-OH is 2. The molecule has 0 aromatic heterocycles. The van der Waals surface area contributed by atoms with Crippen molar-refractivity contribution in [3.8, 4) is 68.2 Å². The number of hydrogen-bond acceptors (Lipinski definition) is 22. The van der Waals surface area contributed by atoms with Crippen molar-refractivity contribution in [1.29, 1.82) is 0 Å². The van der Waals surface area contributed by atoms with E-state index in [1.54, 1.807) is 131 Å². The van der Waals surface area contributed by atoms with Crippen LogP contribution in [0.3, 0.4) is 0 Å². The van der Waals surface area contributed by atoms with Crippen LogP contribution in [-0.4, -0.2) is 152 Å². The van der Waals surface area contributed by atoms with Gasteiger partial charge in [-0.15, -0.1) is 0 Å². The highest BCUT2D eigenvalue weighted by atomic mass is 79.9. The van der Waals surface area contributed by atoms with Crippen LogP contribution in [0.4, 0.5) is 0 Å². The fraction of sp³-hybridized carbons (Fsp3) is 0.257. The number of alkyl halides is 1. The van der Waals surface area contributed by atoms with Crippen LogP contribution in [0.5, 0.6) is 46.0 Å². The number of rotatable bonds is 46. The van der Waals surface area contributed by atoms with Gasteiger partial charge in [0.1, 0.15) is 59.2 Å². The first-order valence-electron chi connectivity index (χ1n) is 43.3. The minimum absolute atomic E-state index is 0. The molecule has 9 aromatic rings. The Morgan fingerprint density at radius 1 is 0.309 bits per heavy atom. The summed E-state index contributed by atoms with van der Waals surface area (Å²) in [7, 11) is 0. The second-order valence-corrected chi connectivity index (χ2v) is 30.7. The lowest BCUT2D eigenvalue weighted by atomic mass is 10.1. The SMILES string of the molecule is C.C=C(C)C(=O)Cl.C=C(C)C(=O)OCCCCCCOc1ccc(/C=C/C(=O)O)cc1.C=C(C)C(=O)OCCCc1ccc(/C=C/C(=O)Oc2ccc(-c3ccc(OC(=O)/C=C/c4ccc(OCCOC(=O)C(=C)C)cc4)cc3)cc2)cc1.O=C(O)/C=C/c1ccc(O)cc1.O=C(O)/C=C/c1ccc(OCCCCCCO)cc1.OCCCCCCBr.Oc1ccc(-c2ccc(O)cc2)cc1. The number of carbonyl (C=O) groups excluding carboxylic acids is 6. The van der Waals surface area contributed by atoms with Crippen molar-refractivity contribution >= 4 is 111 Å². The lowest BCUT2D eigenvalue weighted by Gasteiger charge is -2.07. The predicted molar refractivity (Wildman–Crippen MR) is 538 cm³/mol. The molecule has 136 heavy (non-hydrogen) atoms. The summed E-state index contributed by atoms with van der Waals surface area (Å²) in [5, 5.41) is 70.1. The first-order chi connectivity index (χ1) is 64.7. The zero-order valence-electron chi connectivity index (χ0n) is 76.4. The van der Waals surface area contributed by atoms with Crippen LogP contribution in [0.1, 0.15) is 152 Å². The number of aliphatic hydroxyl groups is 2. The van der Waals surface area contributed by atoms with Gasteiger partial charge in [-0.25, -0.2) is 38.4 Å². The standard InChI is InChI=1S/C43H40O9.C19H24O5.C15H20O4.C12H10O2.C9H8O3.C6H13BrO.C4H5ClO.CH4/c1-30(2)42(46)49-27-5-6-32-7-9-33(10-8-32)13-25-40(44)51-38-21-15-35(16-22-38)36-17-23-39(24-18-36)52-41(45)26-14-34-11-19-37(20-12-34)48-28-29-50-43(47)31(3)4;1-15(2)19(22)24-14-6-4-3-5-13-23-17-10-7-16(8-11-17)9-12-18(20)21;16-11-3-1-2-4-12-19-14-8-5-13(6-9-14)7-10-15(17)18;13-11-5-1-9(2-6-11)10-3-7-12(14)8-4-10;10-8-4-1-7(2-5-8)3-6-9(11)12;7-5-3-1-2-4-6-8;1-3(2)4(5)6;/h7-26H,1,3,5-6,27-29H2,2,4H3;7-12H,1,3-6,13-14H2,2H3,(H,20,21);5-10,16H,1-4,11-12H2,(H,17,18);1-8,13-14H;1-6,10H,(H,11,12);8H,1-6H2;1H2,2H3;1H4/b25-13+,26-14+;12-9+;10-7+;;6-3+;;;. The van der Waals surface area contributed by atoms with Gasteiger partial charge in [0.25, 0.3) is 0 Å². The Bertz CT molecular complexity index is 5050. The molecule has 0 bridgehead atoms. The van der Waals surface area contributed by atoms with Crippen molar-refractivity contribution in [2.45, 2.75) is 125 Å². The van der Waals surface area contributed by atoms with E-state index >= 15 is 0 Å². The molecule has 27 heteroatoms. The van der Waals surface area contributed by atoms with Gasteiger partial charge in [-0.3, -0.25) is 4.79 Å². The predicted octanol–water partition coefficient (Wildman–Crippen LogP) is 22.9. The maximum atomic E-state index is 12.4. The van der Waals surface area contributed by atoms with Crippen LogP contribution in [0.15, 0.2) is 297 Å². The summed E-state index contributed by atoms with van der Waals surface area (Å²) >= 11 is 8.21. The summed E-state index contributed by atoms with van der Waals surface area (Å²) in [6.45, 7) is 23.3. The zero-order chi connectivity index (χ0) is 99.3. The number of phenolic OH excluding ortho intramolecular Hbond substituents is 3. The van der Waals surface area contributed by atoms with Crippen LogP contribution in [0.25, 0.3) is 52.6 Å². The molecule has 0 atom stereocenters. The fourth-order valence-corrected chi connectivity index (χ4v) is 11.0. The third-order valence-corrected chi connectivity index (χ3v) is 18.7. The van der Waals surface area contributed by atoms with Gasteiger partial charge in [-0.2, -0.15) is 0 Å². The first kappa shape index (κ1) is 118. The molecular weight excluding hydrogens is 1820 g/mol. The lowest BCUT2D eigenvalue weighted by molar-refractivity contribution is -0.140. The largest absolute Gasteiger partial charge is 0.508 e. The van der Waals surface area contributed by atoms with Gasteiger partial charge in [0, 0.05) is 71.2 Å². The number of carbonyl (C=O) groups is 9. The molecule has 0 radical (unpaired) electrons. The highest BCUT2D eigenvalue weighted by Crippen LogP contribution is 2.28. The fourth-order valence-electron chi connectivity index (χ4n) is 10.6. The van der Waals surface area contributed by atoms with Gasteiger partial charge >= 0.3 is 47.8 Å². The number of ether oxygens (including phenoxy) is 8. The molecule has 0 aliphatic carbocycles.